The van der Waals surface area contributed by atoms with Crippen molar-refractivity contribution in [1.29, 1.82) is 0 Å². The fourth-order valence-electron chi connectivity index (χ4n) is 1.47. The number of nitrogens with two attached hydrogens (primary N) is 1. The molecule has 3 N–H and O–H groups in total. The Morgan fingerprint density at radius 3 is 2.95 bits per heavy atom. The van der Waals surface area contributed by atoms with Crippen LogP contribution in [-0.2, 0) is 16.4 Å². The van der Waals surface area contributed by atoms with E-state index >= 15 is 0 Å². The third-order valence-electron chi connectivity index (χ3n) is 2.40. The molecule has 0 unspecified atom stereocenters. The molecule has 0 atom stereocenters. The number of aromatic nitrogens is 3. The Morgan fingerprint density at radius 1 is 1.38 bits per heavy atom. The zero-order chi connectivity index (χ0) is 15.1. The van der Waals surface area contributed by atoms with E-state index in [4.69, 9.17) is 10.3 Å². The van der Waals surface area contributed by atoms with Crippen LogP contribution in [0.4, 0.5) is 0 Å². The minimum Gasteiger partial charge on any atom is -0.340 e. The smallest absolute Gasteiger partial charge is 0.242 e. The van der Waals surface area contributed by atoms with Gasteiger partial charge in [-0.25, -0.2) is 13.1 Å². The zero-order valence-electron chi connectivity index (χ0n) is 11.0. The van der Waals surface area contributed by atoms with E-state index in [-0.39, 0.29) is 18.0 Å². The molecule has 0 saturated heterocycles. The summed E-state index contributed by atoms with van der Waals surface area (Å²) in [6, 6.07) is 1.44. The zero-order valence-corrected chi connectivity index (χ0v) is 11.8. The van der Waals surface area contributed by atoms with Gasteiger partial charge in [0.1, 0.15) is 4.90 Å². The first-order chi connectivity index (χ1) is 10.1. The molecule has 0 aliphatic carbocycles. The molecule has 2 rings (SSSR count). The fraction of sp³-hybridized carbons (Fsp3) is 0.250. The summed E-state index contributed by atoms with van der Waals surface area (Å²) < 4.78 is 31.4. The molecule has 0 saturated carbocycles. The molecule has 21 heavy (non-hydrogen) atoms. The van der Waals surface area contributed by atoms with Crippen LogP contribution in [0.5, 0.6) is 0 Å². The molecule has 0 aliphatic rings. The number of hydrogen-bond acceptors (Lipinski definition) is 7. The van der Waals surface area contributed by atoms with E-state index in [1.54, 1.807) is 0 Å². The van der Waals surface area contributed by atoms with Crippen molar-refractivity contribution in [1.82, 2.24) is 19.8 Å². The molecule has 0 radical (unpaired) electrons. The monoisotopic (exact) mass is 307 g/mol. The average Bonchev–Trinajstić information content (AvgIpc) is 2.98. The summed E-state index contributed by atoms with van der Waals surface area (Å²) in [6.45, 7) is 0.336. The first kappa shape index (κ1) is 15.1. The Bertz CT molecular complexity index is 747. The Kier molecular flexibility index (Phi) is 4.99. The minimum atomic E-state index is -3.66. The Labute approximate surface area is 121 Å². The standard InChI is InChI=1S/C12H13N5O3S/c13-4-1-2-10-6-11(8-14-7-10)21(18,19)17-5-3-12-15-9-16-20-12/h6-9,17H,3-5,13H2. The highest BCUT2D eigenvalue weighted by Crippen LogP contribution is 2.08. The van der Waals surface area contributed by atoms with Crippen LogP contribution in [0.3, 0.4) is 0 Å². The van der Waals surface area contributed by atoms with Gasteiger partial charge in [0, 0.05) is 30.9 Å². The van der Waals surface area contributed by atoms with Crippen molar-refractivity contribution in [2.45, 2.75) is 11.3 Å². The van der Waals surface area contributed by atoms with Crippen molar-refractivity contribution >= 4 is 10.0 Å². The van der Waals surface area contributed by atoms with Crippen molar-refractivity contribution in [2.75, 3.05) is 13.1 Å². The second-order valence-corrected chi connectivity index (χ2v) is 5.66. The quantitative estimate of drug-likeness (QED) is 0.699. The number of pyridine rings is 1. The van der Waals surface area contributed by atoms with Gasteiger partial charge in [-0.05, 0) is 6.07 Å². The van der Waals surface area contributed by atoms with Gasteiger partial charge in [-0.3, -0.25) is 4.98 Å². The van der Waals surface area contributed by atoms with Gasteiger partial charge in [-0.1, -0.05) is 17.0 Å². The van der Waals surface area contributed by atoms with Gasteiger partial charge in [0.15, 0.2) is 6.33 Å². The van der Waals surface area contributed by atoms with Crippen LogP contribution in [0.25, 0.3) is 0 Å². The lowest BCUT2D eigenvalue weighted by atomic mass is 10.3. The molecular formula is C12H13N5O3S. The molecule has 0 spiro atoms. The molecule has 0 amide bonds. The summed E-state index contributed by atoms with van der Waals surface area (Å²) >= 11 is 0. The minimum absolute atomic E-state index is 0.0388. The summed E-state index contributed by atoms with van der Waals surface area (Å²) in [7, 11) is -3.66. The predicted molar refractivity (Wildman–Crippen MR) is 73.4 cm³/mol. The van der Waals surface area contributed by atoms with Crippen LogP contribution in [0.2, 0.25) is 0 Å². The van der Waals surface area contributed by atoms with E-state index in [9.17, 15) is 8.42 Å². The molecule has 9 heteroatoms. The molecule has 8 nitrogen and oxygen atoms in total. The van der Waals surface area contributed by atoms with E-state index in [1.807, 2.05) is 0 Å². The number of rotatable bonds is 5. The maximum absolute atomic E-state index is 12.1. The summed E-state index contributed by atoms with van der Waals surface area (Å²) in [6.07, 6.45) is 4.29. The highest BCUT2D eigenvalue weighted by atomic mass is 32.2. The fourth-order valence-corrected chi connectivity index (χ4v) is 2.49. The van der Waals surface area contributed by atoms with E-state index in [0.717, 1.165) is 0 Å². The molecule has 0 fully saturated rings. The second kappa shape index (κ2) is 6.94. The molecule has 110 valence electrons. The topological polar surface area (TPSA) is 124 Å². The van der Waals surface area contributed by atoms with Crippen LogP contribution < -0.4 is 10.5 Å². The van der Waals surface area contributed by atoms with Crippen molar-refractivity contribution in [3.63, 3.8) is 0 Å². The lowest BCUT2D eigenvalue weighted by molar-refractivity contribution is 0.377. The number of nitrogens with one attached hydrogen (secondary N) is 1. The van der Waals surface area contributed by atoms with Crippen molar-refractivity contribution < 1.29 is 12.9 Å². The highest BCUT2D eigenvalue weighted by molar-refractivity contribution is 7.89. The molecule has 0 bridgehead atoms. The summed E-state index contributed by atoms with van der Waals surface area (Å²) in [5.41, 5.74) is 5.75. The van der Waals surface area contributed by atoms with Gasteiger partial charge in [-0.2, -0.15) is 4.98 Å². The number of hydrogen-bond donors (Lipinski definition) is 2. The molecular weight excluding hydrogens is 294 g/mol. The Morgan fingerprint density at radius 2 is 2.24 bits per heavy atom. The van der Waals surface area contributed by atoms with E-state index in [1.165, 1.54) is 24.8 Å². The SMILES string of the molecule is NCC#Cc1cncc(S(=O)(=O)NCCc2ncno2)c1. The van der Waals surface area contributed by atoms with Crippen LogP contribution in [0.1, 0.15) is 11.5 Å². The number of nitrogens with zero attached hydrogens (tertiary/aromatic N) is 3. The molecule has 2 heterocycles. The third-order valence-corrected chi connectivity index (χ3v) is 3.82. The first-order valence-corrected chi connectivity index (χ1v) is 7.49. The molecule has 2 aromatic rings. The maximum atomic E-state index is 12.1. The molecule has 0 aliphatic heterocycles. The largest absolute Gasteiger partial charge is 0.340 e. The van der Waals surface area contributed by atoms with Gasteiger partial charge in [-0.15, -0.1) is 0 Å². The van der Waals surface area contributed by atoms with Gasteiger partial charge >= 0.3 is 0 Å². The predicted octanol–water partition coefficient (Wildman–Crippen LogP) is -0.704. The van der Waals surface area contributed by atoms with Crippen LogP contribution in [0, 0.1) is 11.8 Å². The van der Waals surface area contributed by atoms with Gasteiger partial charge in [0.2, 0.25) is 15.9 Å². The summed E-state index contributed by atoms with van der Waals surface area (Å²) in [5.74, 6) is 5.73. The number of sulfonamides is 1. The highest BCUT2D eigenvalue weighted by Gasteiger charge is 2.14. The Hall–Kier alpha value is -2.28. The van der Waals surface area contributed by atoms with E-state index < -0.39 is 10.0 Å². The first-order valence-electron chi connectivity index (χ1n) is 6.01. The van der Waals surface area contributed by atoms with Crippen LogP contribution in [-0.4, -0.2) is 36.6 Å². The average molecular weight is 307 g/mol. The lowest BCUT2D eigenvalue weighted by Crippen LogP contribution is -2.26. The van der Waals surface area contributed by atoms with Gasteiger partial charge in [0.25, 0.3) is 0 Å². The third kappa shape index (κ3) is 4.35. The van der Waals surface area contributed by atoms with Crippen LogP contribution >= 0.6 is 0 Å². The van der Waals surface area contributed by atoms with Crippen molar-refractivity contribution in [3.8, 4) is 11.8 Å². The van der Waals surface area contributed by atoms with E-state index in [2.05, 4.69) is 31.7 Å². The Balaban J connectivity index is 2.04. The summed E-state index contributed by atoms with van der Waals surface area (Å²) in [4.78, 5) is 7.70. The van der Waals surface area contributed by atoms with Crippen LogP contribution in [0.15, 0.2) is 34.2 Å². The van der Waals surface area contributed by atoms with Gasteiger partial charge in [0.05, 0.1) is 6.54 Å². The molecule has 0 aromatic carbocycles. The maximum Gasteiger partial charge on any atom is 0.242 e. The summed E-state index contributed by atoms with van der Waals surface area (Å²) in [5, 5.41) is 3.44. The normalized spacial score (nSPS) is 10.9. The second-order valence-electron chi connectivity index (χ2n) is 3.90. The molecule has 2 aromatic heterocycles. The lowest BCUT2D eigenvalue weighted by Gasteiger charge is -2.05. The van der Waals surface area contributed by atoms with Gasteiger partial charge < -0.3 is 10.3 Å². The van der Waals surface area contributed by atoms with Crippen molar-refractivity contribution in [3.05, 3.63) is 36.2 Å². The van der Waals surface area contributed by atoms with Crippen molar-refractivity contribution in [2.24, 2.45) is 5.73 Å². The van der Waals surface area contributed by atoms with E-state index in [0.29, 0.717) is 17.9 Å².